The topological polar surface area (TPSA) is 61.4 Å². The van der Waals surface area contributed by atoms with E-state index in [0.29, 0.717) is 18.5 Å². The van der Waals surface area contributed by atoms with Crippen molar-refractivity contribution in [1.29, 1.82) is 0 Å². The van der Waals surface area contributed by atoms with Crippen LogP contribution in [0, 0.1) is 11.7 Å². The maximum atomic E-state index is 13.4. The average molecular weight is 417 g/mol. The molecule has 2 atom stereocenters. The van der Waals surface area contributed by atoms with E-state index in [0.717, 1.165) is 11.3 Å². The highest BCUT2D eigenvalue weighted by Gasteiger charge is 2.35. The van der Waals surface area contributed by atoms with E-state index < -0.39 is 0 Å². The number of piperidine rings is 1. The molecule has 3 aromatic rings. The summed E-state index contributed by atoms with van der Waals surface area (Å²) >= 11 is 0. The van der Waals surface area contributed by atoms with Crippen LogP contribution in [0.4, 0.5) is 20.6 Å². The number of para-hydroxylation sites is 2. The van der Waals surface area contributed by atoms with Crippen LogP contribution in [0.25, 0.3) is 0 Å². The second-order valence-corrected chi connectivity index (χ2v) is 7.65. The Labute approximate surface area is 180 Å². The quantitative estimate of drug-likeness (QED) is 0.593. The molecule has 4 rings (SSSR count). The SMILES string of the molecule is O=C(Nc1ccccc1)C1CCC(c2ccc(F)cc2)N(C(=O)Nc2ccccc2)C1. The summed E-state index contributed by atoms with van der Waals surface area (Å²) in [5.74, 6) is -0.764. The fourth-order valence-corrected chi connectivity index (χ4v) is 3.92. The van der Waals surface area contributed by atoms with Crippen molar-refractivity contribution < 1.29 is 14.0 Å². The Kier molecular flexibility index (Phi) is 6.26. The molecule has 1 aliphatic heterocycles. The molecule has 6 heteroatoms. The van der Waals surface area contributed by atoms with Crippen molar-refractivity contribution >= 4 is 23.3 Å². The molecule has 0 aliphatic carbocycles. The number of carbonyl (C=O) groups excluding carboxylic acids is 2. The van der Waals surface area contributed by atoms with Gasteiger partial charge in [0, 0.05) is 17.9 Å². The molecular weight excluding hydrogens is 393 g/mol. The highest BCUT2D eigenvalue weighted by molar-refractivity contribution is 5.94. The molecule has 2 N–H and O–H groups in total. The molecule has 0 saturated carbocycles. The van der Waals surface area contributed by atoms with E-state index in [-0.39, 0.29) is 36.3 Å². The number of likely N-dealkylation sites (tertiary alicyclic amines) is 1. The highest BCUT2D eigenvalue weighted by Crippen LogP contribution is 2.34. The van der Waals surface area contributed by atoms with Crippen molar-refractivity contribution in [2.45, 2.75) is 18.9 Å². The van der Waals surface area contributed by atoms with Gasteiger partial charge < -0.3 is 15.5 Å². The molecule has 0 bridgehead atoms. The largest absolute Gasteiger partial charge is 0.326 e. The van der Waals surface area contributed by atoms with Crippen molar-refractivity contribution in [3.05, 3.63) is 96.3 Å². The number of nitrogens with zero attached hydrogens (tertiary/aromatic N) is 1. The van der Waals surface area contributed by atoms with Gasteiger partial charge in [0.2, 0.25) is 5.91 Å². The van der Waals surface area contributed by atoms with E-state index >= 15 is 0 Å². The van der Waals surface area contributed by atoms with E-state index in [1.54, 1.807) is 17.0 Å². The zero-order valence-corrected chi connectivity index (χ0v) is 17.0. The monoisotopic (exact) mass is 417 g/mol. The van der Waals surface area contributed by atoms with Crippen LogP contribution in [0.3, 0.4) is 0 Å². The molecule has 5 nitrogen and oxygen atoms in total. The smallest absolute Gasteiger partial charge is 0.322 e. The number of amides is 3. The van der Waals surface area contributed by atoms with E-state index in [4.69, 9.17) is 0 Å². The zero-order chi connectivity index (χ0) is 21.6. The first-order valence-corrected chi connectivity index (χ1v) is 10.3. The fourth-order valence-electron chi connectivity index (χ4n) is 3.92. The molecule has 3 aromatic carbocycles. The minimum atomic E-state index is -0.335. The molecule has 0 spiro atoms. The Balaban J connectivity index is 1.53. The van der Waals surface area contributed by atoms with Gasteiger partial charge in [-0.1, -0.05) is 48.5 Å². The predicted octanol–water partition coefficient (Wildman–Crippen LogP) is 5.45. The highest BCUT2D eigenvalue weighted by atomic mass is 19.1. The standard InChI is InChI=1S/C25H24FN3O2/c26-20-14-11-18(12-15-20)23-16-13-19(24(30)27-21-7-3-1-4-8-21)17-29(23)25(31)28-22-9-5-2-6-10-22/h1-12,14-15,19,23H,13,16-17H2,(H,27,30)(H,28,31). The number of nitrogens with one attached hydrogen (secondary N) is 2. The lowest BCUT2D eigenvalue weighted by atomic mass is 9.88. The number of carbonyl (C=O) groups is 2. The lowest BCUT2D eigenvalue weighted by Gasteiger charge is -2.39. The molecule has 1 heterocycles. The summed E-state index contributed by atoms with van der Waals surface area (Å²) in [5.41, 5.74) is 2.26. The summed E-state index contributed by atoms with van der Waals surface area (Å²) in [7, 11) is 0. The summed E-state index contributed by atoms with van der Waals surface area (Å²) in [4.78, 5) is 27.7. The Morgan fingerprint density at radius 3 is 1.97 bits per heavy atom. The van der Waals surface area contributed by atoms with Gasteiger partial charge in [0.1, 0.15) is 5.82 Å². The van der Waals surface area contributed by atoms with Gasteiger partial charge in [-0.05, 0) is 54.8 Å². The Morgan fingerprint density at radius 2 is 1.35 bits per heavy atom. The van der Waals surface area contributed by atoms with E-state index in [2.05, 4.69) is 10.6 Å². The number of hydrogen-bond donors (Lipinski definition) is 2. The van der Waals surface area contributed by atoms with Crippen LogP contribution in [0.1, 0.15) is 24.4 Å². The molecule has 0 radical (unpaired) electrons. The number of urea groups is 1. The summed E-state index contributed by atoms with van der Waals surface area (Å²) in [6, 6.07) is 24.2. The summed E-state index contributed by atoms with van der Waals surface area (Å²) in [6.45, 7) is 0.277. The van der Waals surface area contributed by atoms with Gasteiger partial charge >= 0.3 is 6.03 Å². The molecule has 31 heavy (non-hydrogen) atoms. The summed E-state index contributed by atoms with van der Waals surface area (Å²) in [6.07, 6.45) is 1.25. The van der Waals surface area contributed by atoms with Crippen LogP contribution in [0.2, 0.25) is 0 Å². The first-order chi connectivity index (χ1) is 15.1. The van der Waals surface area contributed by atoms with Crippen molar-refractivity contribution in [2.75, 3.05) is 17.2 Å². The molecule has 0 aromatic heterocycles. The maximum absolute atomic E-state index is 13.4. The minimum Gasteiger partial charge on any atom is -0.326 e. The van der Waals surface area contributed by atoms with Crippen LogP contribution in [-0.4, -0.2) is 23.4 Å². The van der Waals surface area contributed by atoms with E-state index in [1.807, 2.05) is 60.7 Å². The number of halogens is 1. The van der Waals surface area contributed by atoms with Gasteiger partial charge in [-0.3, -0.25) is 4.79 Å². The lowest BCUT2D eigenvalue weighted by Crippen LogP contribution is -2.47. The van der Waals surface area contributed by atoms with E-state index in [1.165, 1.54) is 12.1 Å². The molecule has 1 fully saturated rings. The number of hydrogen-bond acceptors (Lipinski definition) is 2. The Hall–Kier alpha value is -3.67. The van der Waals surface area contributed by atoms with Crippen LogP contribution in [0.15, 0.2) is 84.9 Å². The van der Waals surface area contributed by atoms with Gasteiger partial charge in [0.05, 0.1) is 12.0 Å². The molecule has 158 valence electrons. The molecule has 2 unspecified atom stereocenters. The first-order valence-electron chi connectivity index (χ1n) is 10.3. The van der Waals surface area contributed by atoms with Gasteiger partial charge in [-0.15, -0.1) is 0 Å². The van der Waals surface area contributed by atoms with Crippen molar-refractivity contribution in [3.63, 3.8) is 0 Å². The van der Waals surface area contributed by atoms with Crippen LogP contribution in [0.5, 0.6) is 0 Å². The molecule has 1 saturated heterocycles. The molecular formula is C25H24FN3O2. The number of anilines is 2. The van der Waals surface area contributed by atoms with Gasteiger partial charge in [-0.25, -0.2) is 9.18 Å². The average Bonchev–Trinajstić information content (AvgIpc) is 2.80. The molecule has 1 aliphatic rings. The third-order valence-corrected chi connectivity index (χ3v) is 5.53. The predicted molar refractivity (Wildman–Crippen MR) is 119 cm³/mol. The third-order valence-electron chi connectivity index (χ3n) is 5.53. The number of rotatable bonds is 4. The Morgan fingerprint density at radius 1 is 0.774 bits per heavy atom. The minimum absolute atomic E-state index is 0.110. The lowest BCUT2D eigenvalue weighted by molar-refractivity contribution is -0.121. The maximum Gasteiger partial charge on any atom is 0.322 e. The fraction of sp³-hybridized carbons (Fsp3) is 0.200. The van der Waals surface area contributed by atoms with Crippen molar-refractivity contribution in [2.24, 2.45) is 5.92 Å². The second-order valence-electron chi connectivity index (χ2n) is 7.65. The Bertz CT molecular complexity index is 1030. The third kappa shape index (κ3) is 5.09. The van der Waals surface area contributed by atoms with Crippen LogP contribution < -0.4 is 10.6 Å². The molecule has 3 amide bonds. The van der Waals surface area contributed by atoms with Gasteiger partial charge in [0.25, 0.3) is 0 Å². The van der Waals surface area contributed by atoms with Gasteiger partial charge in [0.15, 0.2) is 0 Å². The normalized spacial score (nSPS) is 18.3. The zero-order valence-electron chi connectivity index (χ0n) is 17.0. The van der Waals surface area contributed by atoms with Crippen LogP contribution >= 0.6 is 0 Å². The van der Waals surface area contributed by atoms with E-state index in [9.17, 15) is 14.0 Å². The first kappa shape index (κ1) is 20.6. The van der Waals surface area contributed by atoms with Gasteiger partial charge in [-0.2, -0.15) is 0 Å². The van der Waals surface area contributed by atoms with Crippen molar-refractivity contribution in [3.8, 4) is 0 Å². The van der Waals surface area contributed by atoms with Crippen molar-refractivity contribution in [1.82, 2.24) is 4.90 Å². The summed E-state index contributed by atoms with van der Waals surface area (Å²) in [5, 5.41) is 5.85. The second kappa shape index (κ2) is 9.43. The summed E-state index contributed by atoms with van der Waals surface area (Å²) < 4.78 is 13.4. The van der Waals surface area contributed by atoms with Crippen LogP contribution in [-0.2, 0) is 4.79 Å². The number of benzene rings is 3.